The van der Waals surface area contributed by atoms with Gasteiger partial charge < -0.3 is 19.7 Å². The highest BCUT2D eigenvalue weighted by Crippen LogP contribution is 2.06. The molecule has 0 saturated carbocycles. The van der Waals surface area contributed by atoms with Gasteiger partial charge in [0.05, 0.1) is 26.9 Å². The smallest absolute Gasteiger partial charge is 0.319 e. The molecule has 0 aromatic rings. The lowest BCUT2D eigenvalue weighted by molar-refractivity contribution is -0.143. The minimum Gasteiger partial charge on any atom is -0.468 e. The number of carbonyl (C=O) groups excluding carboxylic acids is 2. The van der Waals surface area contributed by atoms with E-state index >= 15 is 0 Å². The molecule has 2 heterocycles. The first-order valence-corrected chi connectivity index (χ1v) is 6.60. The molecule has 108 valence electrons. The highest BCUT2D eigenvalue weighted by atomic mass is 16.5. The number of rotatable bonds is 3. The van der Waals surface area contributed by atoms with Crippen LogP contribution in [0.3, 0.4) is 0 Å². The number of methoxy groups -OCH3 is 1. The zero-order valence-electron chi connectivity index (χ0n) is 11.3. The van der Waals surface area contributed by atoms with Crippen molar-refractivity contribution in [2.75, 3.05) is 59.6 Å². The number of carbonyl (C=O) groups is 2. The van der Waals surface area contributed by atoms with E-state index in [2.05, 4.69) is 10.1 Å². The second kappa shape index (κ2) is 6.83. The van der Waals surface area contributed by atoms with Gasteiger partial charge in [-0.15, -0.1) is 0 Å². The number of hydrogen-bond donors (Lipinski definition) is 1. The Morgan fingerprint density at radius 3 is 2.63 bits per heavy atom. The van der Waals surface area contributed by atoms with Gasteiger partial charge in [-0.1, -0.05) is 0 Å². The second-order valence-electron chi connectivity index (χ2n) is 4.76. The summed E-state index contributed by atoms with van der Waals surface area (Å²) in [5, 5.41) is 3.16. The topological polar surface area (TPSA) is 71.1 Å². The monoisotopic (exact) mass is 271 g/mol. The van der Waals surface area contributed by atoms with Crippen molar-refractivity contribution in [3.05, 3.63) is 0 Å². The first-order valence-electron chi connectivity index (χ1n) is 6.60. The Morgan fingerprint density at radius 2 is 2.05 bits per heavy atom. The highest BCUT2D eigenvalue weighted by molar-refractivity contribution is 5.82. The van der Waals surface area contributed by atoms with E-state index in [0.29, 0.717) is 45.9 Å². The molecule has 0 aromatic heterocycles. The molecule has 0 aromatic carbocycles. The Morgan fingerprint density at radius 1 is 1.32 bits per heavy atom. The number of ether oxygens (including phenoxy) is 2. The molecule has 7 heteroatoms. The Labute approximate surface area is 112 Å². The van der Waals surface area contributed by atoms with E-state index in [1.807, 2.05) is 9.80 Å². The Hall–Kier alpha value is -1.18. The van der Waals surface area contributed by atoms with E-state index in [0.717, 1.165) is 6.54 Å². The van der Waals surface area contributed by atoms with E-state index in [4.69, 9.17) is 4.74 Å². The first kappa shape index (κ1) is 14.2. The largest absolute Gasteiger partial charge is 0.468 e. The zero-order chi connectivity index (χ0) is 13.7. The predicted molar refractivity (Wildman–Crippen MR) is 67.6 cm³/mol. The van der Waals surface area contributed by atoms with Gasteiger partial charge in [0.15, 0.2) is 0 Å². The molecular formula is C12H21N3O4. The zero-order valence-corrected chi connectivity index (χ0v) is 11.3. The van der Waals surface area contributed by atoms with E-state index in [1.54, 1.807) is 0 Å². The summed E-state index contributed by atoms with van der Waals surface area (Å²) in [7, 11) is 1.39. The summed E-state index contributed by atoms with van der Waals surface area (Å²) in [6.45, 7) is 4.82. The fourth-order valence-electron chi connectivity index (χ4n) is 2.32. The Balaban J connectivity index is 1.76. The summed E-state index contributed by atoms with van der Waals surface area (Å²) < 4.78 is 9.94. The van der Waals surface area contributed by atoms with Gasteiger partial charge in [-0.3, -0.25) is 14.5 Å². The first-order chi connectivity index (χ1) is 9.20. The maximum Gasteiger partial charge on any atom is 0.319 e. The second-order valence-corrected chi connectivity index (χ2v) is 4.76. The average molecular weight is 271 g/mol. The molecule has 7 nitrogen and oxygen atoms in total. The fraction of sp³-hybridized carbons (Fsp3) is 0.833. The van der Waals surface area contributed by atoms with Gasteiger partial charge >= 0.3 is 5.97 Å². The standard InChI is InChI=1S/C12H21N3O4/c1-18-11(16)8-14-3-5-15(6-4-14)12(17)10-9-19-7-2-13-10/h10,13H,2-9H2,1H3. The molecule has 0 aliphatic carbocycles. The minimum atomic E-state index is -0.234. The van der Waals surface area contributed by atoms with Gasteiger partial charge in [0.1, 0.15) is 6.04 Å². The summed E-state index contributed by atoms with van der Waals surface area (Å²) >= 11 is 0. The number of piperazine rings is 1. The van der Waals surface area contributed by atoms with Crippen LogP contribution in [0.4, 0.5) is 0 Å². The SMILES string of the molecule is COC(=O)CN1CCN(C(=O)C2COCCN2)CC1. The van der Waals surface area contributed by atoms with Crippen molar-refractivity contribution < 1.29 is 19.1 Å². The summed E-state index contributed by atoms with van der Waals surface area (Å²) in [4.78, 5) is 27.2. The molecule has 2 aliphatic rings. The summed E-state index contributed by atoms with van der Waals surface area (Å²) in [6.07, 6.45) is 0. The third-order valence-corrected chi connectivity index (χ3v) is 3.48. The summed E-state index contributed by atoms with van der Waals surface area (Å²) in [5.41, 5.74) is 0. The van der Waals surface area contributed by atoms with Crippen LogP contribution in [-0.4, -0.2) is 87.3 Å². The number of amides is 1. The number of nitrogens with zero attached hydrogens (tertiary/aromatic N) is 2. The fourth-order valence-corrected chi connectivity index (χ4v) is 2.32. The lowest BCUT2D eigenvalue weighted by atomic mass is 10.2. The van der Waals surface area contributed by atoms with Crippen molar-refractivity contribution in [1.29, 1.82) is 0 Å². The van der Waals surface area contributed by atoms with E-state index in [-0.39, 0.29) is 17.9 Å². The van der Waals surface area contributed by atoms with Crippen LogP contribution >= 0.6 is 0 Å². The van der Waals surface area contributed by atoms with Crippen LogP contribution in [0.15, 0.2) is 0 Å². The van der Waals surface area contributed by atoms with Crippen molar-refractivity contribution in [1.82, 2.24) is 15.1 Å². The summed E-state index contributed by atoms with van der Waals surface area (Å²) in [5.74, 6) is -0.139. The number of esters is 1. The lowest BCUT2D eigenvalue weighted by Gasteiger charge is -2.36. The lowest BCUT2D eigenvalue weighted by Crippen LogP contribution is -2.57. The number of hydrogen-bond acceptors (Lipinski definition) is 6. The maximum absolute atomic E-state index is 12.2. The normalized spacial score (nSPS) is 25.1. The third kappa shape index (κ3) is 3.89. The molecule has 0 bridgehead atoms. The molecule has 2 rings (SSSR count). The van der Waals surface area contributed by atoms with Gasteiger partial charge in [-0.05, 0) is 0 Å². The molecule has 2 aliphatic heterocycles. The molecule has 1 atom stereocenters. The van der Waals surface area contributed by atoms with Gasteiger partial charge in [0, 0.05) is 32.7 Å². The molecule has 2 saturated heterocycles. The molecule has 1 amide bonds. The van der Waals surface area contributed by atoms with Gasteiger partial charge in [-0.2, -0.15) is 0 Å². The Kier molecular flexibility index (Phi) is 5.12. The molecule has 1 unspecified atom stereocenters. The van der Waals surface area contributed by atoms with Gasteiger partial charge in [0.25, 0.3) is 0 Å². The summed E-state index contributed by atoms with van der Waals surface area (Å²) in [6, 6.07) is -0.221. The van der Waals surface area contributed by atoms with Crippen molar-refractivity contribution in [2.24, 2.45) is 0 Å². The number of nitrogens with one attached hydrogen (secondary N) is 1. The maximum atomic E-state index is 12.2. The molecule has 19 heavy (non-hydrogen) atoms. The van der Waals surface area contributed by atoms with Crippen LogP contribution in [0.5, 0.6) is 0 Å². The molecular weight excluding hydrogens is 250 g/mol. The van der Waals surface area contributed by atoms with Crippen LogP contribution < -0.4 is 5.32 Å². The van der Waals surface area contributed by atoms with Crippen molar-refractivity contribution in [2.45, 2.75) is 6.04 Å². The van der Waals surface area contributed by atoms with Crippen molar-refractivity contribution in [3.8, 4) is 0 Å². The van der Waals surface area contributed by atoms with Crippen LogP contribution in [-0.2, 0) is 19.1 Å². The molecule has 0 radical (unpaired) electrons. The third-order valence-electron chi connectivity index (χ3n) is 3.48. The van der Waals surface area contributed by atoms with Crippen LogP contribution in [0.25, 0.3) is 0 Å². The quantitative estimate of drug-likeness (QED) is 0.617. The minimum absolute atomic E-state index is 0.0948. The van der Waals surface area contributed by atoms with Crippen LogP contribution in [0, 0.1) is 0 Å². The van der Waals surface area contributed by atoms with E-state index in [1.165, 1.54) is 7.11 Å². The van der Waals surface area contributed by atoms with Gasteiger partial charge in [0.2, 0.25) is 5.91 Å². The van der Waals surface area contributed by atoms with Crippen molar-refractivity contribution >= 4 is 11.9 Å². The van der Waals surface area contributed by atoms with Crippen LogP contribution in [0.2, 0.25) is 0 Å². The Bertz CT molecular complexity index is 323. The molecule has 1 N–H and O–H groups in total. The van der Waals surface area contributed by atoms with Crippen molar-refractivity contribution in [3.63, 3.8) is 0 Å². The predicted octanol–water partition coefficient (Wildman–Crippen LogP) is -1.71. The number of morpholine rings is 1. The van der Waals surface area contributed by atoms with E-state index in [9.17, 15) is 9.59 Å². The van der Waals surface area contributed by atoms with Gasteiger partial charge in [-0.25, -0.2) is 0 Å². The van der Waals surface area contributed by atoms with E-state index < -0.39 is 0 Å². The molecule has 2 fully saturated rings. The highest BCUT2D eigenvalue weighted by Gasteiger charge is 2.29. The average Bonchev–Trinajstić information content (AvgIpc) is 2.48. The van der Waals surface area contributed by atoms with Crippen LogP contribution in [0.1, 0.15) is 0 Å². The molecule has 0 spiro atoms.